The Morgan fingerprint density at radius 1 is 1.14 bits per heavy atom. The van der Waals surface area contributed by atoms with Crippen LogP contribution in [0.5, 0.6) is 17.4 Å². The highest BCUT2D eigenvalue weighted by Gasteiger charge is 2.14. The monoisotopic (exact) mass is 316 g/mol. The minimum Gasteiger partial charge on any atom is -0.493 e. The van der Waals surface area contributed by atoms with Crippen LogP contribution in [0.4, 0.5) is 0 Å². The lowest BCUT2D eigenvalue weighted by Gasteiger charge is -2.11. The summed E-state index contributed by atoms with van der Waals surface area (Å²) in [6.07, 6.45) is 1.45. The summed E-state index contributed by atoms with van der Waals surface area (Å²) in [5.41, 5.74) is 0.384. The first kappa shape index (κ1) is 14.3. The van der Waals surface area contributed by atoms with Gasteiger partial charge in [-0.25, -0.2) is 14.8 Å². The third-order valence-electron chi connectivity index (χ3n) is 3.02. The molecule has 0 aliphatic carbocycles. The number of carbonyl (C=O) groups is 1. The Morgan fingerprint density at radius 2 is 2.00 bits per heavy atom. The van der Waals surface area contributed by atoms with E-state index in [4.69, 9.17) is 9.47 Å². The number of rotatable bonds is 4. The lowest BCUT2D eigenvalue weighted by atomic mass is 10.2. The molecule has 0 N–H and O–H groups in total. The van der Waals surface area contributed by atoms with Crippen LogP contribution in [-0.4, -0.2) is 30.2 Å². The fourth-order valence-corrected chi connectivity index (χ4v) is 2.67. The van der Waals surface area contributed by atoms with Crippen LogP contribution >= 0.6 is 11.3 Å². The smallest absolute Gasteiger partial charge is 0.337 e. The lowest BCUT2D eigenvalue weighted by Crippen LogP contribution is -2.02. The van der Waals surface area contributed by atoms with Crippen LogP contribution in [0.2, 0.25) is 0 Å². The molecule has 0 radical (unpaired) electrons. The molecular formula is C15H12N2O4S. The molecule has 0 saturated heterocycles. The zero-order valence-electron chi connectivity index (χ0n) is 11.9. The van der Waals surface area contributed by atoms with Crippen molar-refractivity contribution in [2.45, 2.75) is 0 Å². The van der Waals surface area contributed by atoms with Gasteiger partial charge in [0.05, 0.1) is 25.2 Å². The van der Waals surface area contributed by atoms with Gasteiger partial charge >= 0.3 is 5.97 Å². The number of ether oxygens (including phenoxy) is 3. The minimum atomic E-state index is -0.438. The first-order valence-electron chi connectivity index (χ1n) is 6.35. The molecule has 1 aromatic carbocycles. The van der Waals surface area contributed by atoms with Gasteiger partial charge in [-0.05, 0) is 29.6 Å². The number of fused-ring (bicyclic) bond motifs is 1. The number of nitrogens with zero attached hydrogens (tertiary/aromatic N) is 2. The van der Waals surface area contributed by atoms with Gasteiger partial charge in [0.1, 0.15) is 11.2 Å². The van der Waals surface area contributed by atoms with Crippen LogP contribution in [0.15, 0.2) is 36.0 Å². The van der Waals surface area contributed by atoms with Gasteiger partial charge in [0, 0.05) is 0 Å². The van der Waals surface area contributed by atoms with Crippen LogP contribution in [0, 0.1) is 0 Å². The molecule has 0 aliphatic rings. The van der Waals surface area contributed by atoms with E-state index >= 15 is 0 Å². The average molecular weight is 316 g/mol. The molecule has 0 saturated carbocycles. The summed E-state index contributed by atoms with van der Waals surface area (Å²) < 4.78 is 15.8. The average Bonchev–Trinajstić information content (AvgIpc) is 3.04. The van der Waals surface area contributed by atoms with E-state index in [1.54, 1.807) is 18.2 Å². The van der Waals surface area contributed by atoms with E-state index in [9.17, 15) is 4.79 Å². The highest BCUT2D eigenvalue weighted by molar-refractivity contribution is 7.16. The summed E-state index contributed by atoms with van der Waals surface area (Å²) in [4.78, 5) is 20.7. The highest BCUT2D eigenvalue weighted by atomic mass is 32.1. The molecule has 6 nitrogen and oxygen atoms in total. The molecule has 0 bridgehead atoms. The van der Waals surface area contributed by atoms with Crippen molar-refractivity contribution in [1.82, 2.24) is 9.97 Å². The van der Waals surface area contributed by atoms with Gasteiger partial charge in [0.15, 0.2) is 11.5 Å². The maximum atomic E-state index is 11.6. The predicted molar refractivity (Wildman–Crippen MR) is 81.8 cm³/mol. The summed E-state index contributed by atoms with van der Waals surface area (Å²) >= 11 is 1.51. The number of hydrogen-bond acceptors (Lipinski definition) is 7. The zero-order chi connectivity index (χ0) is 15.5. The Kier molecular flexibility index (Phi) is 3.88. The van der Waals surface area contributed by atoms with E-state index in [0.29, 0.717) is 22.9 Å². The van der Waals surface area contributed by atoms with Gasteiger partial charge < -0.3 is 14.2 Å². The SMILES string of the molecule is COC(=O)c1ccc(Oc2ncnc3sccc23)c(OC)c1. The summed E-state index contributed by atoms with van der Waals surface area (Å²) in [5.74, 6) is 0.883. The van der Waals surface area contributed by atoms with Crippen LogP contribution in [0.25, 0.3) is 10.2 Å². The van der Waals surface area contributed by atoms with Crippen molar-refractivity contribution in [1.29, 1.82) is 0 Å². The van der Waals surface area contributed by atoms with Gasteiger partial charge in [-0.1, -0.05) is 0 Å². The van der Waals surface area contributed by atoms with Gasteiger partial charge in [-0.15, -0.1) is 11.3 Å². The fraction of sp³-hybridized carbons (Fsp3) is 0.133. The first-order valence-corrected chi connectivity index (χ1v) is 7.23. The van der Waals surface area contributed by atoms with Gasteiger partial charge in [-0.2, -0.15) is 0 Å². The maximum absolute atomic E-state index is 11.6. The molecule has 2 heterocycles. The second-order valence-electron chi connectivity index (χ2n) is 4.28. The molecule has 3 aromatic rings. The molecule has 0 spiro atoms. The zero-order valence-corrected chi connectivity index (χ0v) is 12.7. The summed E-state index contributed by atoms with van der Waals surface area (Å²) in [6.45, 7) is 0. The van der Waals surface area contributed by atoms with Crippen molar-refractivity contribution in [3.05, 3.63) is 41.5 Å². The second-order valence-corrected chi connectivity index (χ2v) is 5.17. The third kappa shape index (κ3) is 2.58. The van der Waals surface area contributed by atoms with Crippen molar-refractivity contribution < 1.29 is 19.0 Å². The Hall–Kier alpha value is -2.67. The number of methoxy groups -OCH3 is 2. The molecule has 0 amide bonds. The van der Waals surface area contributed by atoms with E-state index in [1.165, 1.54) is 31.9 Å². The first-order chi connectivity index (χ1) is 10.7. The molecule has 3 rings (SSSR count). The van der Waals surface area contributed by atoms with Crippen molar-refractivity contribution in [3.8, 4) is 17.4 Å². The normalized spacial score (nSPS) is 10.5. The number of carbonyl (C=O) groups excluding carboxylic acids is 1. The lowest BCUT2D eigenvalue weighted by molar-refractivity contribution is 0.0600. The summed E-state index contributed by atoms with van der Waals surface area (Å²) in [5, 5.41) is 2.75. The topological polar surface area (TPSA) is 70.5 Å². The van der Waals surface area contributed by atoms with E-state index in [0.717, 1.165) is 10.2 Å². The van der Waals surface area contributed by atoms with Crippen LogP contribution in [0.3, 0.4) is 0 Å². The molecule has 112 valence electrons. The molecule has 22 heavy (non-hydrogen) atoms. The molecule has 0 fully saturated rings. The molecule has 2 aromatic heterocycles. The van der Waals surface area contributed by atoms with E-state index in [2.05, 4.69) is 14.7 Å². The third-order valence-corrected chi connectivity index (χ3v) is 3.84. The van der Waals surface area contributed by atoms with E-state index in [1.807, 2.05) is 11.4 Å². The standard InChI is InChI=1S/C15H12N2O4S/c1-19-12-7-9(15(18)20-2)3-4-11(12)21-13-10-5-6-22-14(10)17-8-16-13/h3-8H,1-2H3. The summed E-state index contributed by atoms with van der Waals surface area (Å²) in [6, 6.07) is 6.71. The number of aromatic nitrogens is 2. The number of esters is 1. The Labute approximate surface area is 130 Å². The maximum Gasteiger partial charge on any atom is 0.337 e. The Bertz CT molecular complexity index is 831. The van der Waals surface area contributed by atoms with Crippen molar-refractivity contribution in [3.63, 3.8) is 0 Å². The van der Waals surface area contributed by atoms with Crippen molar-refractivity contribution >= 4 is 27.5 Å². The highest BCUT2D eigenvalue weighted by Crippen LogP contribution is 2.35. The number of thiophene rings is 1. The van der Waals surface area contributed by atoms with Crippen LogP contribution in [-0.2, 0) is 4.74 Å². The molecular weight excluding hydrogens is 304 g/mol. The quantitative estimate of drug-likeness (QED) is 0.688. The van der Waals surface area contributed by atoms with Crippen LogP contribution < -0.4 is 9.47 Å². The van der Waals surface area contributed by atoms with Gasteiger partial charge in [0.2, 0.25) is 5.88 Å². The second kappa shape index (κ2) is 5.98. The van der Waals surface area contributed by atoms with Gasteiger partial charge in [0.25, 0.3) is 0 Å². The summed E-state index contributed by atoms with van der Waals surface area (Å²) in [7, 11) is 2.83. The number of benzene rings is 1. The Morgan fingerprint density at radius 3 is 2.77 bits per heavy atom. The van der Waals surface area contributed by atoms with Gasteiger partial charge in [-0.3, -0.25) is 0 Å². The number of hydrogen-bond donors (Lipinski definition) is 0. The molecule has 0 unspecified atom stereocenters. The van der Waals surface area contributed by atoms with E-state index in [-0.39, 0.29) is 0 Å². The predicted octanol–water partition coefficient (Wildman–Crippen LogP) is 3.28. The molecule has 0 aliphatic heterocycles. The molecule has 7 heteroatoms. The van der Waals surface area contributed by atoms with E-state index < -0.39 is 5.97 Å². The Balaban J connectivity index is 1.98. The minimum absolute atomic E-state index is 0.384. The van der Waals surface area contributed by atoms with Crippen molar-refractivity contribution in [2.24, 2.45) is 0 Å². The fourth-order valence-electron chi connectivity index (χ4n) is 1.95. The largest absolute Gasteiger partial charge is 0.493 e. The molecule has 0 atom stereocenters. The van der Waals surface area contributed by atoms with Crippen LogP contribution in [0.1, 0.15) is 10.4 Å². The van der Waals surface area contributed by atoms with Crippen molar-refractivity contribution in [2.75, 3.05) is 14.2 Å².